The van der Waals surface area contributed by atoms with Gasteiger partial charge in [0.2, 0.25) is 0 Å². The summed E-state index contributed by atoms with van der Waals surface area (Å²) >= 11 is 0. The minimum absolute atomic E-state index is 0.0613. The highest BCUT2D eigenvalue weighted by atomic mass is 16.5. The number of carbonyl (C=O) groups excluding carboxylic acids is 1. The highest BCUT2D eigenvalue weighted by Crippen LogP contribution is 2.24. The van der Waals surface area contributed by atoms with Gasteiger partial charge in [0, 0.05) is 30.8 Å². The van der Waals surface area contributed by atoms with E-state index < -0.39 is 0 Å². The Balaban J connectivity index is 2.20. The van der Waals surface area contributed by atoms with E-state index in [4.69, 9.17) is 9.63 Å². The number of rotatable bonds is 7. The summed E-state index contributed by atoms with van der Waals surface area (Å²) in [4.78, 5) is 18.3. The third-order valence-corrected chi connectivity index (χ3v) is 3.66. The van der Waals surface area contributed by atoms with Crippen molar-refractivity contribution >= 4 is 11.7 Å². The number of amides is 2. The maximum atomic E-state index is 12.4. The molecule has 1 aromatic heterocycles. The lowest BCUT2D eigenvalue weighted by atomic mass is 10.1. The predicted octanol–water partition coefficient (Wildman–Crippen LogP) is 2.84. The molecule has 0 bridgehead atoms. The Kier molecular flexibility index (Phi) is 6.31. The van der Waals surface area contributed by atoms with Gasteiger partial charge in [-0.2, -0.15) is 4.98 Å². The molecule has 0 saturated heterocycles. The molecule has 1 heterocycles. The Morgan fingerprint density at radius 1 is 1.33 bits per heavy atom. The SMILES string of the molecule is CCCN(CCO)C(=O)Nc1cc(-c2nc(CC)no2)ccc1C. The standard InChI is InChI=1S/C17H24N4O3/c1-4-8-21(9-10-22)17(23)18-14-11-13(7-6-12(14)3)16-19-15(5-2)20-24-16/h6-7,11,22H,4-5,8-10H2,1-3H3,(H,18,23). The average molecular weight is 332 g/mol. The van der Waals surface area contributed by atoms with Crippen LogP contribution in [0.5, 0.6) is 0 Å². The van der Waals surface area contributed by atoms with Crippen LogP contribution in [0, 0.1) is 6.92 Å². The molecule has 7 nitrogen and oxygen atoms in total. The number of carbonyl (C=O) groups is 1. The fourth-order valence-electron chi connectivity index (χ4n) is 2.30. The van der Waals surface area contributed by atoms with Crippen LogP contribution in [-0.2, 0) is 6.42 Å². The molecule has 0 atom stereocenters. The van der Waals surface area contributed by atoms with E-state index in [2.05, 4.69) is 15.5 Å². The number of hydrogen-bond donors (Lipinski definition) is 2. The maximum Gasteiger partial charge on any atom is 0.321 e. The molecule has 2 N–H and O–H groups in total. The third kappa shape index (κ3) is 4.32. The zero-order valence-electron chi connectivity index (χ0n) is 14.4. The fourth-order valence-corrected chi connectivity index (χ4v) is 2.30. The van der Waals surface area contributed by atoms with Gasteiger partial charge in [-0.25, -0.2) is 4.79 Å². The molecule has 1 aromatic carbocycles. The van der Waals surface area contributed by atoms with Crippen molar-refractivity contribution in [2.75, 3.05) is 25.0 Å². The predicted molar refractivity (Wildman–Crippen MR) is 91.8 cm³/mol. The van der Waals surface area contributed by atoms with Gasteiger partial charge >= 0.3 is 6.03 Å². The summed E-state index contributed by atoms with van der Waals surface area (Å²) in [5, 5.41) is 15.9. The van der Waals surface area contributed by atoms with Crippen molar-refractivity contribution in [3.8, 4) is 11.5 Å². The topological polar surface area (TPSA) is 91.5 Å². The highest BCUT2D eigenvalue weighted by Gasteiger charge is 2.15. The number of aryl methyl sites for hydroxylation is 2. The van der Waals surface area contributed by atoms with E-state index in [1.54, 1.807) is 4.90 Å². The first-order chi connectivity index (χ1) is 11.6. The van der Waals surface area contributed by atoms with E-state index in [0.717, 1.165) is 17.5 Å². The van der Waals surface area contributed by atoms with Gasteiger partial charge in [-0.15, -0.1) is 0 Å². The van der Waals surface area contributed by atoms with Crippen molar-refractivity contribution in [2.45, 2.75) is 33.6 Å². The molecule has 0 aliphatic rings. The number of hydrogen-bond acceptors (Lipinski definition) is 5. The molecular formula is C17H24N4O3. The lowest BCUT2D eigenvalue weighted by Gasteiger charge is -2.22. The van der Waals surface area contributed by atoms with Crippen molar-refractivity contribution in [3.05, 3.63) is 29.6 Å². The van der Waals surface area contributed by atoms with Crippen LogP contribution in [0.25, 0.3) is 11.5 Å². The molecule has 0 aliphatic carbocycles. The van der Waals surface area contributed by atoms with Gasteiger partial charge in [0.15, 0.2) is 5.82 Å². The van der Waals surface area contributed by atoms with Crippen molar-refractivity contribution < 1.29 is 14.4 Å². The van der Waals surface area contributed by atoms with Crippen molar-refractivity contribution in [3.63, 3.8) is 0 Å². The van der Waals surface area contributed by atoms with Gasteiger partial charge in [-0.3, -0.25) is 0 Å². The summed E-state index contributed by atoms with van der Waals surface area (Å²) in [5.74, 6) is 1.08. The van der Waals surface area contributed by atoms with Crippen LogP contribution in [0.15, 0.2) is 22.7 Å². The third-order valence-electron chi connectivity index (χ3n) is 3.66. The molecule has 0 fully saturated rings. The summed E-state index contributed by atoms with van der Waals surface area (Å²) in [5.41, 5.74) is 2.38. The van der Waals surface area contributed by atoms with Crippen LogP contribution in [0.2, 0.25) is 0 Å². The normalized spacial score (nSPS) is 10.7. The van der Waals surface area contributed by atoms with Crippen molar-refractivity contribution in [2.24, 2.45) is 0 Å². The quantitative estimate of drug-likeness (QED) is 0.813. The Bertz CT molecular complexity index is 678. The fraction of sp³-hybridized carbons (Fsp3) is 0.471. The van der Waals surface area contributed by atoms with E-state index in [-0.39, 0.29) is 12.6 Å². The molecule has 0 spiro atoms. The zero-order valence-corrected chi connectivity index (χ0v) is 14.4. The molecule has 0 radical (unpaired) electrons. The molecule has 2 amide bonds. The van der Waals surface area contributed by atoms with E-state index in [1.165, 1.54) is 0 Å². The summed E-state index contributed by atoms with van der Waals surface area (Å²) in [7, 11) is 0. The van der Waals surface area contributed by atoms with Gasteiger partial charge in [-0.1, -0.05) is 25.1 Å². The van der Waals surface area contributed by atoms with Crippen molar-refractivity contribution in [1.82, 2.24) is 15.0 Å². The zero-order chi connectivity index (χ0) is 17.5. The molecule has 0 saturated carbocycles. The monoisotopic (exact) mass is 332 g/mol. The first kappa shape index (κ1) is 17.9. The first-order valence-electron chi connectivity index (χ1n) is 8.19. The molecule has 2 rings (SSSR count). The molecular weight excluding hydrogens is 308 g/mol. The Morgan fingerprint density at radius 3 is 2.75 bits per heavy atom. The Labute approximate surface area is 141 Å². The lowest BCUT2D eigenvalue weighted by Crippen LogP contribution is -2.37. The number of aliphatic hydroxyl groups excluding tert-OH is 1. The van der Waals surface area contributed by atoms with Gasteiger partial charge in [-0.05, 0) is 31.0 Å². The van der Waals surface area contributed by atoms with E-state index in [1.807, 2.05) is 39.0 Å². The maximum absolute atomic E-state index is 12.4. The second-order valence-electron chi connectivity index (χ2n) is 5.54. The minimum Gasteiger partial charge on any atom is -0.395 e. The van der Waals surface area contributed by atoms with E-state index in [9.17, 15) is 4.79 Å². The second-order valence-corrected chi connectivity index (χ2v) is 5.54. The number of nitrogens with zero attached hydrogens (tertiary/aromatic N) is 3. The van der Waals surface area contributed by atoms with Crippen LogP contribution < -0.4 is 5.32 Å². The molecule has 130 valence electrons. The summed E-state index contributed by atoms with van der Waals surface area (Å²) in [6.07, 6.45) is 1.53. The second kappa shape index (κ2) is 8.44. The highest BCUT2D eigenvalue weighted by molar-refractivity contribution is 5.91. The van der Waals surface area contributed by atoms with Gasteiger partial charge < -0.3 is 19.8 Å². The van der Waals surface area contributed by atoms with Crippen LogP contribution >= 0.6 is 0 Å². The number of nitrogens with one attached hydrogen (secondary N) is 1. The average Bonchev–Trinajstić information content (AvgIpc) is 3.05. The molecule has 0 unspecified atom stereocenters. The van der Waals surface area contributed by atoms with Crippen LogP contribution in [0.4, 0.5) is 10.5 Å². The Hall–Kier alpha value is -2.41. The van der Waals surface area contributed by atoms with Gasteiger partial charge in [0.05, 0.1) is 6.61 Å². The lowest BCUT2D eigenvalue weighted by molar-refractivity contribution is 0.188. The number of benzene rings is 1. The summed E-state index contributed by atoms with van der Waals surface area (Å²) in [6, 6.07) is 5.38. The smallest absolute Gasteiger partial charge is 0.321 e. The van der Waals surface area contributed by atoms with Crippen LogP contribution in [0.3, 0.4) is 0 Å². The number of urea groups is 1. The van der Waals surface area contributed by atoms with Crippen molar-refractivity contribution in [1.29, 1.82) is 0 Å². The van der Waals surface area contributed by atoms with E-state index >= 15 is 0 Å². The molecule has 0 aliphatic heterocycles. The number of anilines is 1. The largest absolute Gasteiger partial charge is 0.395 e. The number of aliphatic hydroxyl groups is 1. The summed E-state index contributed by atoms with van der Waals surface area (Å²) < 4.78 is 5.25. The molecule has 2 aromatic rings. The number of aromatic nitrogens is 2. The van der Waals surface area contributed by atoms with Crippen LogP contribution in [-0.4, -0.2) is 45.9 Å². The molecule has 7 heteroatoms. The summed E-state index contributed by atoms with van der Waals surface area (Å²) in [6.45, 7) is 6.70. The van der Waals surface area contributed by atoms with Crippen LogP contribution in [0.1, 0.15) is 31.7 Å². The minimum atomic E-state index is -0.231. The Morgan fingerprint density at radius 2 is 2.12 bits per heavy atom. The van der Waals surface area contributed by atoms with Gasteiger partial charge in [0.25, 0.3) is 5.89 Å². The van der Waals surface area contributed by atoms with E-state index in [0.29, 0.717) is 36.9 Å². The molecule has 24 heavy (non-hydrogen) atoms. The first-order valence-corrected chi connectivity index (χ1v) is 8.19. The van der Waals surface area contributed by atoms with Gasteiger partial charge in [0.1, 0.15) is 0 Å².